The van der Waals surface area contributed by atoms with Crippen LogP contribution in [0.4, 0.5) is 0 Å². The molecule has 2 aliphatic rings. The molecule has 1 heteroatoms. The average molecular weight is 84.1 g/mol. The Balaban J connectivity index is 2.06. The van der Waals surface area contributed by atoms with Gasteiger partial charge in [-0.05, 0) is 31.3 Å². The molecular weight excluding hydrogens is 74.1 g/mol. The Morgan fingerprint density at radius 1 is 1.50 bits per heavy atom. The molecule has 1 saturated carbocycles. The third-order valence-electron chi connectivity index (χ3n) is 1.66. The van der Waals surface area contributed by atoms with Gasteiger partial charge in [0.25, 0.3) is 0 Å². The van der Waals surface area contributed by atoms with Crippen molar-refractivity contribution >= 4 is 0 Å². The summed E-state index contributed by atoms with van der Waals surface area (Å²) in [6.07, 6.45) is 0.307. The monoisotopic (exact) mass is 84.1 g/mol. The maximum atomic E-state index is 7.27. The van der Waals surface area contributed by atoms with E-state index in [1.807, 2.05) is 0 Å². The summed E-state index contributed by atoms with van der Waals surface area (Å²) >= 11 is 0. The molecule has 2 unspecified atom stereocenters. The van der Waals surface area contributed by atoms with Crippen molar-refractivity contribution in [1.82, 2.24) is 5.32 Å². The highest BCUT2D eigenvalue weighted by molar-refractivity contribution is 4.94. The van der Waals surface area contributed by atoms with Crippen LogP contribution in [-0.4, -0.2) is 13.1 Å². The van der Waals surface area contributed by atoms with Crippen LogP contribution in [0.3, 0.4) is 0 Å². The van der Waals surface area contributed by atoms with Gasteiger partial charge in [-0.2, -0.15) is 0 Å². The van der Waals surface area contributed by atoms with Gasteiger partial charge in [0.1, 0.15) is 0 Å². The predicted octanol–water partition coefficient (Wildman–Crippen LogP) is 0.226. The molecular formula is C5H9N. The molecule has 1 aliphatic carbocycles. The van der Waals surface area contributed by atoms with Crippen molar-refractivity contribution < 1.29 is 1.37 Å². The summed E-state index contributed by atoms with van der Waals surface area (Å²) < 4.78 is 7.27. The van der Waals surface area contributed by atoms with Crippen LogP contribution in [0.15, 0.2) is 0 Å². The molecule has 1 N–H and O–H groups in total. The van der Waals surface area contributed by atoms with Gasteiger partial charge >= 0.3 is 0 Å². The molecule has 0 radical (unpaired) electrons. The molecule has 1 heterocycles. The molecule has 0 spiro atoms. The van der Waals surface area contributed by atoms with E-state index in [2.05, 4.69) is 5.32 Å². The first-order valence-electron chi connectivity index (χ1n) is 3.10. The molecule has 1 nitrogen and oxygen atoms in total. The molecule has 2 atom stereocenters. The Morgan fingerprint density at radius 3 is 2.50 bits per heavy atom. The van der Waals surface area contributed by atoms with Gasteiger partial charge in [-0.3, -0.25) is 0 Å². The first kappa shape index (κ1) is 2.31. The summed E-state index contributed by atoms with van der Waals surface area (Å²) in [5, 5.41) is 3.23. The minimum absolute atomic E-state index is 0.307. The Hall–Kier alpha value is -0.0400. The highest BCUT2D eigenvalue weighted by Gasteiger charge is 2.40. The lowest BCUT2D eigenvalue weighted by Gasteiger charge is -1.87. The smallest absolute Gasteiger partial charge is 0.0273 e. The van der Waals surface area contributed by atoms with Gasteiger partial charge in [-0.25, -0.2) is 0 Å². The zero-order valence-electron chi connectivity index (χ0n) is 4.65. The maximum absolute atomic E-state index is 7.27. The van der Waals surface area contributed by atoms with Gasteiger partial charge in [-0.15, -0.1) is 0 Å². The van der Waals surface area contributed by atoms with Crippen LogP contribution in [0.25, 0.3) is 0 Å². The molecule has 2 rings (SSSR count). The van der Waals surface area contributed by atoms with Crippen LogP contribution >= 0.6 is 0 Å². The lowest BCUT2D eigenvalue weighted by molar-refractivity contribution is 0.732. The van der Waals surface area contributed by atoms with E-state index >= 15 is 0 Å². The number of fused-ring (bicyclic) bond motifs is 1. The van der Waals surface area contributed by atoms with Crippen LogP contribution < -0.4 is 5.32 Å². The summed E-state index contributed by atoms with van der Waals surface area (Å²) in [6, 6.07) is 0. The summed E-state index contributed by atoms with van der Waals surface area (Å²) in [7, 11) is 0. The Kier molecular flexibility index (Phi) is 0.302. The van der Waals surface area contributed by atoms with Crippen molar-refractivity contribution in [2.75, 3.05) is 13.1 Å². The third kappa shape index (κ3) is 0.243. The molecule has 34 valence electrons. The fraction of sp³-hybridized carbons (Fsp3) is 1.00. The zero-order valence-corrected chi connectivity index (χ0v) is 3.65. The highest BCUT2D eigenvalue weighted by atomic mass is 14.9. The van der Waals surface area contributed by atoms with Crippen molar-refractivity contribution in [3.63, 3.8) is 0 Å². The zero-order chi connectivity index (χ0) is 4.85. The van der Waals surface area contributed by atoms with E-state index in [0.717, 1.165) is 24.9 Å². The van der Waals surface area contributed by atoms with Crippen molar-refractivity contribution in [2.45, 2.75) is 6.40 Å². The van der Waals surface area contributed by atoms with Gasteiger partial charge in [0.15, 0.2) is 0 Å². The van der Waals surface area contributed by atoms with E-state index < -0.39 is 0 Å². The van der Waals surface area contributed by atoms with Crippen LogP contribution in [0.2, 0.25) is 0 Å². The third-order valence-corrected chi connectivity index (χ3v) is 1.66. The normalized spacial score (nSPS) is 66.7. The Labute approximate surface area is 39.1 Å². The van der Waals surface area contributed by atoms with Crippen molar-refractivity contribution in [1.29, 1.82) is 0 Å². The molecule has 0 aromatic carbocycles. The maximum Gasteiger partial charge on any atom is 0.0273 e. The second-order valence-corrected chi connectivity index (χ2v) is 2.18. The molecule has 1 saturated heterocycles. The standard InChI is InChI=1S/C5H9N/c1-4-2-6-3-5(1)4/h4-6H,1-3H2/i1D. The van der Waals surface area contributed by atoms with E-state index in [9.17, 15) is 0 Å². The number of piperidine rings is 1. The minimum Gasteiger partial charge on any atom is -0.316 e. The molecule has 0 aromatic rings. The van der Waals surface area contributed by atoms with Crippen LogP contribution in [0, 0.1) is 11.8 Å². The highest BCUT2D eigenvalue weighted by Crippen LogP contribution is 2.40. The summed E-state index contributed by atoms with van der Waals surface area (Å²) in [5.41, 5.74) is 0. The lowest BCUT2D eigenvalue weighted by Crippen LogP contribution is -2.10. The van der Waals surface area contributed by atoms with E-state index in [1.54, 1.807) is 0 Å². The topological polar surface area (TPSA) is 12.0 Å². The number of nitrogens with one attached hydrogen (secondary N) is 1. The Morgan fingerprint density at radius 2 is 2.17 bits per heavy atom. The fourth-order valence-electron chi connectivity index (χ4n) is 1.11. The summed E-state index contributed by atoms with van der Waals surface area (Å²) in [4.78, 5) is 0. The quantitative estimate of drug-likeness (QED) is 0.443. The first-order valence-corrected chi connectivity index (χ1v) is 2.52. The van der Waals surface area contributed by atoms with Gasteiger partial charge in [-0.1, -0.05) is 0 Å². The van der Waals surface area contributed by atoms with Gasteiger partial charge < -0.3 is 5.32 Å². The minimum atomic E-state index is 0.307. The largest absolute Gasteiger partial charge is 0.316 e. The summed E-state index contributed by atoms with van der Waals surface area (Å²) in [6.45, 7) is 2.22. The first-order chi connectivity index (χ1) is 3.39. The van der Waals surface area contributed by atoms with Crippen molar-refractivity contribution in [2.24, 2.45) is 11.8 Å². The van der Waals surface area contributed by atoms with Crippen LogP contribution in [-0.2, 0) is 0 Å². The lowest BCUT2D eigenvalue weighted by atomic mass is 10.4. The number of rotatable bonds is 0. The van der Waals surface area contributed by atoms with E-state index in [4.69, 9.17) is 1.37 Å². The van der Waals surface area contributed by atoms with Gasteiger partial charge in [0.2, 0.25) is 0 Å². The molecule has 2 fully saturated rings. The predicted molar refractivity (Wildman–Crippen MR) is 24.5 cm³/mol. The molecule has 6 heavy (non-hydrogen) atoms. The van der Waals surface area contributed by atoms with Crippen molar-refractivity contribution in [3.05, 3.63) is 0 Å². The second kappa shape index (κ2) is 0.784. The SMILES string of the molecule is [2H]C1C2CNCC12. The van der Waals surface area contributed by atoms with Crippen LogP contribution in [0.5, 0.6) is 0 Å². The van der Waals surface area contributed by atoms with E-state index in [-0.39, 0.29) is 0 Å². The molecule has 0 bridgehead atoms. The summed E-state index contributed by atoms with van der Waals surface area (Å²) in [5.74, 6) is 1.47. The van der Waals surface area contributed by atoms with E-state index in [0.29, 0.717) is 6.40 Å². The molecule has 1 aliphatic heterocycles. The van der Waals surface area contributed by atoms with Crippen LogP contribution in [0.1, 0.15) is 7.77 Å². The van der Waals surface area contributed by atoms with Crippen molar-refractivity contribution in [3.8, 4) is 0 Å². The Bertz CT molecular complexity index is 84.1. The van der Waals surface area contributed by atoms with Gasteiger partial charge in [0, 0.05) is 1.37 Å². The number of hydrogen-bond donors (Lipinski definition) is 1. The molecule has 0 aromatic heterocycles. The average Bonchev–Trinajstić information content (AvgIpc) is 2.26. The second-order valence-electron chi connectivity index (χ2n) is 2.18. The van der Waals surface area contributed by atoms with E-state index in [1.165, 1.54) is 0 Å². The number of hydrogen-bond acceptors (Lipinski definition) is 1. The fourth-order valence-corrected chi connectivity index (χ4v) is 1.11. The van der Waals surface area contributed by atoms with Gasteiger partial charge in [0.05, 0.1) is 0 Å². The molecule has 0 amide bonds.